The molecular weight excluding hydrogens is 589 g/mol. The third-order valence-electron chi connectivity index (χ3n) is 5.40. The van der Waals surface area contributed by atoms with Crippen LogP contribution in [0, 0.1) is 16.4 Å². The topological polar surface area (TPSA) is 137 Å². The van der Waals surface area contributed by atoms with Crippen molar-refractivity contribution in [3.8, 4) is 0 Å². The Morgan fingerprint density at radius 3 is 2.14 bits per heavy atom. The first-order valence-electron chi connectivity index (χ1n) is 11.0. The van der Waals surface area contributed by atoms with Gasteiger partial charge in [-0.05, 0) is 90.2 Å². The van der Waals surface area contributed by atoms with Gasteiger partial charge >= 0.3 is 6.03 Å². The molecule has 1 aliphatic rings. The highest BCUT2D eigenvalue weighted by molar-refractivity contribution is 14.1. The van der Waals surface area contributed by atoms with Crippen molar-refractivity contribution in [3.05, 3.63) is 93.1 Å². The number of anilines is 2. The van der Waals surface area contributed by atoms with E-state index in [-0.39, 0.29) is 11.5 Å². The summed E-state index contributed by atoms with van der Waals surface area (Å²) in [6.07, 6.45) is 0.970. The highest BCUT2D eigenvalue weighted by atomic mass is 127. The Kier molecular flexibility index (Phi) is 7.72. The van der Waals surface area contributed by atoms with Gasteiger partial charge in [0, 0.05) is 26.6 Å². The molecule has 0 radical (unpaired) electrons. The Morgan fingerprint density at radius 1 is 0.892 bits per heavy atom. The zero-order valence-electron chi connectivity index (χ0n) is 19.4. The van der Waals surface area contributed by atoms with Crippen molar-refractivity contribution < 1.29 is 24.0 Å². The maximum absolute atomic E-state index is 12.8. The maximum Gasteiger partial charge on any atom is 0.335 e. The Hall–Kier alpha value is -4.39. The van der Waals surface area contributed by atoms with Gasteiger partial charge in [-0.3, -0.25) is 24.5 Å². The van der Waals surface area contributed by atoms with Crippen molar-refractivity contribution in [1.82, 2.24) is 10.7 Å². The Bertz CT molecular complexity index is 1400. The zero-order chi connectivity index (χ0) is 26.5. The number of imide groups is 2. The minimum Gasteiger partial charge on any atom is -0.322 e. The molecule has 0 aromatic heterocycles. The van der Waals surface area contributed by atoms with Crippen molar-refractivity contribution in [3.63, 3.8) is 0 Å². The number of urea groups is 1. The Labute approximate surface area is 225 Å². The van der Waals surface area contributed by atoms with E-state index in [1.165, 1.54) is 12.1 Å². The number of carbonyl (C=O) groups excluding carboxylic acids is 5. The van der Waals surface area contributed by atoms with E-state index in [4.69, 9.17) is 0 Å². The predicted molar refractivity (Wildman–Crippen MR) is 145 cm³/mol. The average Bonchev–Trinajstić information content (AvgIpc) is 2.87. The molecule has 4 rings (SSSR count). The van der Waals surface area contributed by atoms with Gasteiger partial charge in [-0.25, -0.2) is 15.1 Å². The number of carbonyl (C=O) groups is 5. The molecule has 1 fully saturated rings. The first-order valence-corrected chi connectivity index (χ1v) is 12.1. The van der Waals surface area contributed by atoms with E-state index in [1.54, 1.807) is 48.5 Å². The van der Waals surface area contributed by atoms with Crippen LogP contribution in [0.3, 0.4) is 0 Å². The minimum atomic E-state index is -1.41. The second-order valence-electron chi connectivity index (χ2n) is 8.04. The van der Waals surface area contributed by atoms with E-state index in [0.29, 0.717) is 16.9 Å². The van der Waals surface area contributed by atoms with Gasteiger partial charge in [-0.15, -0.1) is 0 Å². The van der Waals surface area contributed by atoms with Crippen molar-refractivity contribution >= 4 is 69.8 Å². The van der Waals surface area contributed by atoms with Crippen LogP contribution in [0.4, 0.5) is 16.2 Å². The minimum absolute atomic E-state index is 0.237. The molecule has 1 aliphatic heterocycles. The summed E-state index contributed by atoms with van der Waals surface area (Å²) in [5, 5.41) is 8.61. The number of benzene rings is 3. The second kappa shape index (κ2) is 11.1. The number of rotatable bonds is 6. The maximum atomic E-state index is 12.8. The predicted octanol–water partition coefficient (Wildman–Crippen LogP) is 3.47. The molecule has 186 valence electrons. The lowest BCUT2D eigenvalue weighted by Crippen LogP contribution is -2.58. The molecule has 3 aromatic rings. The lowest BCUT2D eigenvalue weighted by atomic mass is 10.1. The number of halogens is 1. The molecular formula is C26H20IN5O5. The summed E-state index contributed by atoms with van der Waals surface area (Å²) in [7, 11) is 0. The van der Waals surface area contributed by atoms with Gasteiger partial charge in [-0.2, -0.15) is 5.10 Å². The monoisotopic (exact) mass is 609 g/mol. The molecule has 1 saturated heterocycles. The molecule has 6 amide bonds. The third kappa shape index (κ3) is 6.06. The third-order valence-corrected chi connectivity index (χ3v) is 6.11. The largest absolute Gasteiger partial charge is 0.335 e. The quantitative estimate of drug-likeness (QED) is 0.170. The molecule has 3 aromatic carbocycles. The standard InChI is InChI=1S/C26H20IN5O5/c1-15-2-4-16(5-3-15)22(33)29-19-10-6-17(7-11-19)23(34)31-28-14-21-24(35)30-26(37)32(25(21)36)20-12-8-18(27)9-13-20/h2-14,21H,1H3,(H,29,33)(H,31,34)(H,30,35,37)/b28-14-/t21-/m0/s1. The van der Waals surface area contributed by atoms with Crippen LogP contribution >= 0.6 is 22.6 Å². The van der Waals surface area contributed by atoms with Crippen LogP contribution in [-0.4, -0.2) is 35.9 Å². The lowest BCUT2D eigenvalue weighted by molar-refractivity contribution is -0.131. The van der Waals surface area contributed by atoms with Crippen molar-refractivity contribution in [2.45, 2.75) is 6.92 Å². The number of nitrogens with one attached hydrogen (secondary N) is 3. The van der Waals surface area contributed by atoms with Crippen LogP contribution < -0.4 is 21.0 Å². The summed E-state index contributed by atoms with van der Waals surface area (Å²) in [6.45, 7) is 1.93. The molecule has 0 spiro atoms. The molecule has 1 heterocycles. The fourth-order valence-corrected chi connectivity index (χ4v) is 3.76. The summed E-state index contributed by atoms with van der Waals surface area (Å²) in [4.78, 5) is 62.9. The highest BCUT2D eigenvalue weighted by Gasteiger charge is 2.40. The van der Waals surface area contributed by atoms with Crippen LogP contribution in [0.15, 0.2) is 77.9 Å². The fourth-order valence-electron chi connectivity index (χ4n) is 3.40. The van der Waals surface area contributed by atoms with E-state index in [2.05, 4.69) is 43.8 Å². The first kappa shape index (κ1) is 25.7. The number of amides is 6. The summed E-state index contributed by atoms with van der Waals surface area (Å²) >= 11 is 2.09. The molecule has 0 bridgehead atoms. The number of nitrogens with zero attached hydrogens (tertiary/aromatic N) is 2. The highest BCUT2D eigenvalue weighted by Crippen LogP contribution is 2.21. The molecule has 3 N–H and O–H groups in total. The summed E-state index contributed by atoms with van der Waals surface area (Å²) in [6, 6.07) is 19.0. The van der Waals surface area contributed by atoms with Crippen LogP contribution in [-0.2, 0) is 9.59 Å². The van der Waals surface area contributed by atoms with Crippen molar-refractivity contribution in [1.29, 1.82) is 0 Å². The second-order valence-corrected chi connectivity index (χ2v) is 9.28. The van der Waals surface area contributed by atoms with Gasteiger partial charge in [0.25, 0.3) is 17.7 Å². The smallest absolute Gasteiger partial charge is 0.322 e. The van der Waals surface area contributed by atoms with E-state index in [9.17, 15) is 24.0 Å². The van der Waals surface area contributed by atoms with E-state index in [0.717, 1.165) is 20.2 Å². The van der Waals surface area contributed by atoms with Gasteiger partial charge in [0.05, 0.1) is 5.69 Å². The van der Waals surface area contributed by atoms with Crippen LogP contribution in [0.5, 0.6) is 0 Å². The molecule has 10 nitrogen and oxygen atoms in total. The van der Waals surface area contributed by atoms with Crippen molar-refractivity contribution in [2.24, 2.45) is 11.0 Å². The van der Waals surface area contributed by atoms with Gasteiger partial charge in [-0.1, -0.05) is 17.7 Å². The van der Waals surface area contributed by atoms with Crippen molar-refractivity contribution in [2.75, 3.05) is 10.2 Å². The van der Waals surface area contributed by atoms with Crippen LogP contribution in [0.25, 0.3) is 0 Å². The van der Waals surface area contributed by atoms with Gasteiger partial charge in [0.1, 0.15) is 0 Å². The number of barbiturate groups is 1. The SMILES string of the molecule is Cc1ccc(C(=O)Nc2ccc(C(=O)N/N=C\[C@H]3C(=O)NC(=O)N(c4ccc(I)cc4)C3=O)cc2)cc1. The van der Waals surface area contributed by atoms with Gasteiger partial charge in [0.2, 0.25) is 5.91 Å². The molecule has 0 unspecified atom stereocenters. The lowest BCUT2D eigenvalue weighted by Gasteiger charge is -2.28. The fraction of sp³-hybridized carbons (Fsp3) is 0.0769. The molecule has 37 heavy (non-hydrogen) atoms. The number of hydrogen-bond acceptors (Lipinski definition) is 6. The number of hydrogen-bond donors (Lipinski definition) is 3. The van der Waals surface area contributed by atoms with Gasteiger partial charge < -0.3 is 5.32 Å². The average molecular weight is 609 g/mol. The Balaban J connectivity index is 1.37. The van der Waals surface area contributed by atoms with Crippen LogP contribution in [0.2, 0.25) is 0 Å². The summed E-state index contributed by atoms with van der Waals surface area (Å²) in [5.74, 6) is -3.92. The number of hydrazone groups is 1. The molecule has 0 saturated carbocycles. The van der Waals surface area contributed by atoms with E-state index >= 15 is 0 Å². The van der Waals surface area contributed by atoms with E-state index < -0.39 is 29.7 Å². The van der Waals surface area contributed by atoms with E-state index in [1.807, 2.05) is 19.1 Å². The van der Waals surface area contributed by atoms with Gasteiger partial charge in [0.15, 0.2) is 5.92 Å². The Morgan fingerprint density at radius 2 is 1.49 bits per heavy atom. The molecule has 0 aliphatic carbocycles. The molecule has 1 atom stereocenters. The normalized spacial score (nSPS) is 15.5. The zero-order valence-corrected chi connectivity index (χ0v) is 21.6. The summed E-state index contributed by atoms with van der Waals surface area (Å²) in [5.41, 5.74) is 4.84. The number of aryl methyl sites for hydroxylation is 1. The first-order chi connectivity index (χ1) is 17.7. The van der Waals surface area contributed by atoms with Crippen LogP contribution in [0.1, 0.15) is 26.3 Å². The summed E-state index contributed by atoms with van der Waals surface area (Å²) < 4.78 is 0.907. The molecule has 11 heteroatoms.